The molecule has 0 radical (unpaired) electrons. The third kappa shape index (κ3) is 9.52. The smallest absolute Gasteiger partial charge is 0.186 e. The molecule has 1 aliphatic rings. The molecule has 0 amide bonds. The minimum absolute atomic E-state index is 0.0616. The van der Waals surface area contributed by atoms with Crippen LogP contribution in [0.25, 0.3) is 0 Å². The fourth-order valence-corrected chi connectivity index (χ4v) is 3.48. The van der Waals surface area contributed by atoms with Crippen LogP contribution in [0.4, 0.5) is 0 Å². The second-order valence-electron chi connectivity index (χ2n) is 8.12. The summed E-state index contributed by atoms with van der Waals surface area (Å²) in [6.45, 7) is 0.0706. The van der Waals surface area contributed by atoms with Crippen LogP contribution >= 0.6 is 0 Å². The van der Waals surface area contributed by atoms with Crippen LogP contribution in [0.3, 0.4) is 0 Å². The minimum atomic E-state index is -1.69. The van der Waals surface area contributed by atoms with Gasteiger partial charge >= 0.3 is 0 Å². The van der Waals surface area contributed by atoms with Gasteiger partial charge in [0.2, 0.25) is 0 Å². The number of unbranched alkanes of at least 4 members (excludes halogenated alkanes) is 5. The average molecular weight is 456 g/mol. The van der Waals surface area contributed by atoms with Crippen LogP contribution in [0, 0.1) is 0 Å². The molecule has 186 valence electrons. The van der Waals surface area contributed by atoms with Gasteiger partial charge in [0.15, 0.2) is 6.29 Å². The highest BCUT2D eigenvalue weighted by Gasteiger charge is 2.44. The fourth-order valence-electron chi connectivity index (χ4n) is 3.48. The topological polar surface area (TPSA) is 195 Å². The number of aliphatic hydroxyl groups is 7. The van der Waals surface area contributed by atoms with E-state index in [2.05, 4.69) is 0 Å². The van der Waals surface area contributed by atoms with Gasteiger partial charge in [-0.3, -0.25) is 0 Å². The van der Waals surface area contributed by atoms with Crippen molar-refractivity contribution >= 4 is 0 Å². The Labute approximate surface area is 183 Å². The van der Waals surface area contributed by atoms with Gasteiger partial charge in [0.25, 0.3) is 0 Å². The monoisotopic (exact) mass is 455 g/mol. The molecule has 0 aromatic rings. The Hall–Kier alpha value is -0.440. The first-order chi connectivity index (χ1) is 14.7. The minimum Gasteiger partial charge on any atom is -0.390 e. The van der Waals surface area contributed by atoms with E-state index in [9.17, 15) is 35.7 Å². The third-order valence-corrected chi connectivity index (χ3v) is 5.52. The second kappa shape index (κ2) is 15.4. The van der Waals surface area contributed by atoms with Gasteiger partial charge in [-0.2, -0.15) is 0 Å². The highest BCUT2D eigenvalue weighted by Crippen LogP contribution is 2.23. The number of hydrogen-bond donors (Lipinski definition) is 8. The first kappa shape index (κ1) is 28.6. The van der Waals surface area contributed by atoms with Gasteiger partial charge < -0.3 is 55.7 Å². The molecule has 31 heavy (non-hydrogen) atoms. The van der Waals surface area contributed by atoms with Crippen LogP contribution in [0.15, 0.2) is 0 Å². The lowest BCUT2D eigenvalue weighted by atomic mass is 9.98. The van der Waals surface area contributed by atoms with E-state index >= 15 is 0 Å². The van der Waals surface area contributed by atoms with Gasteiger partial charge in [-0.15, -0.1) is 0 Å². The van der Waals surface area contributed by atoms with Crippen molar-refractivity contribution in [2.75, 3.05) is 26.9 Å². The lowest BCUT2D eigenvalue weighted by molar-refractivity contribution is -0.307. The van der Waals surface area contributed by atoms with E-state index in [1.165, 1.54) is 7.11 Å². The van der Waals surface area contributed by atoms with Crippen molar-refractivity contribution < 1.29 is 50.0 Å². The van der Waals surface area contributed by atoms with Crippen LogP contribution in [0.1, 0.15) is 44.9 Å². The standard InChI is InChI=1S/C20H41NO10/c1-29-11-14-17(26)18(27)19(28)20(31-14)30-10-13(23)16(25)15(24)12(22)8-6-4-2-3-5-7-9-21/h12-20,22-28H,2-11,21H2,1H3/t12?,13?,14?,15-,16-,17-,18+,19?,20+/m1/s1. The maximum atomic E-state index is 10.1. The molecule has 0 aliphatic carbocycles. The summed E-state index contributed by atoms with van der Waals surface area (Å²) in [5, 5.41) is 70.2. The predicted molar refractivity (Wildman–Crippen MR) is 110 cm³/mol. The Morgan fingerprint density at radius 3 is 2.00 bits per heavy atom. The molecule has 0 spiro atoms. The van der Waals surface area contributed by atoms with E-state index in [1.54, 1.807) is 0 Å². The van der Waals surface area contributed by atoms with Crippen molar-refractivity contribution in [3.63, 3.8) is 0 Å². The highest BCUT2D eigenvalue weighted by atomic mass is 16.7. The number of rotatable bonds is 16. The molecule has 1 heterocycles. The summed E-state index contributed by atoms with van der Waals surface area (Å²) in [5.41, 5.74) is 5.44. The first-order valence-corrected chi connectivity index (χ1v) is 11.0. The van der Waals surface area contributed by atoms with Crippen molar-refractivity contribution in [1.82, 2.24) is 0 Å². The lowest BCUT2D eigenvalue weighted by Gasteiger charge is -2.40. The number of nitrogens with two attached hydrogens (primary N) is 1. The SMILES string of the molecule is COCC1O[C@H](OCC(O)[C@@H](O)[C@H](O)C(O)CCCCCCCCN)C(O)[C@@H](O)[C@@H]1O. The summed E-state index contributed by atoms with van der Waals surface area (Å²) >= 11 is 0. The van der Waals surface area contributed by atoms with Gasteiger partial charge in [-0.25, -0.2) is 0 Å². The molecule has 9 atom stereocenters. The summed E-state index contributed by atoms with van der Waals surface area (Å²) in [7, 11) is 1.37. The Morgan fingerprint density at radius 1 is 0.806 bits per heavy atom. The summed E-state index contributed by atoms with van der Waals surface area (Å²) in [6, 6.07) is 0. The molecule has 11 nitrogen and oxygen atoms in total. The quantitative estimate of drug-likeness (QED) is 0.115. The summed E-state index contributed by atoms with van der Waals surface area (Å²) in [6.07, 6.45) is -7.02. The van der Waals surface area contributed by atoms with E-state index < -0.39 is 61.7 Å². The molecule has 0 saturated carbocycles. The van der Waals surface area contributed by atoms with Gasteiger partial charge in [-0.1, -0.05) is 32.1 Å². The number of ether oxygens (including phenoxy) is 3. The maximum absolute atomic E-state index is 10.1. The third-order valence-electron chi connectivity index (χ3n) is 5.52. The summed E-state index contributed by atoms with van der Waals surface area (Å²) in [4.78, 5) is 0. The number of hydrogen-bond acceptors (Lipinski definition) is 11. The molecule has 9 N–H and O–H groups in total. The average Bonchev–Trinajstić information content (AvgIpc) is 2.76. The largest absolute Gasteiger partial charge is 0.390 e. The van der Waals surface area contributed by atoms with Crippen molar-refractivity contribution in [3.8, 4) is 0 Å². The highest BCUT2D eigenvalue weighted by molar-refractivity contribution is 4.89. The normalized spacial score (nSPS) is 30.7. The zero-order valence-electron chi connectivity index (χ0n) is 18.2. The van der Waals surface area contributed by atoms with Crippen LogP contribution in [-0.2, 0) is 14.2 Å². The van der Waals surface area contributed by atoms with Crippen molar-refractivity contribution in [2.45, 2.75) is 100 Å². The van der Waals surface area contributed by atoms with E-state index in [1.807, 2.05) is 0 Å². The molecule has 1 rings (SSSR count). The molecule has 1 saturated heterocycles. The van der Waals surface area contributed by atoms with Crippen molar-refractivity contribution in [2.24, 2.45) is 5.73 Å². The maximum Gasteiger partial charge on any atom is 0.186 e. The second-order valence-corrected chi connectivity index (χ2v) is 8.12. The Kier molecular flexibility index (Phi) is 14.2. The van der Waals surface area contributed by atoms with Gasteiger partial charge in [0, 0.05) is 7.11 Å². The van der Waals surface area contributed by atoms with Crippen molar-refractivity contribution in [3.05, 3.63) is 0 Å². The van der Waals surface area contributed by atoms with Gasteiger partial charge in [0.05, 0.1) is 19.3 Å². The first-order valence-electron chi connectivity index (χ1n) is 11.0. The molecular weight excluding hydrogens is 414 g/mol. The zero-order valence-corrected chi connectivity index (χ0v) is 18.2. The van der Waals surface area contributed by atoms with E-state index in [0.29, 0.717) is 13.0 Å². The molecular formula is C20H41NO10. The molecule has 1 aliphatic heterocycles. The van der Waals surface area contributed by atoms with E-state index in [4.69, 9.17) is 19.9 Å². The fraction of sp³-hybridized carbons (Fsp3) is 1.00. The molecule has 4 unspecified atom stereocenters. The number of aliphatic hydroxyl groups excluding tert-OH is 7. The zero-order chi connectivity index (χ0) is 23.4. The van der Waals surface area contributed by atoms with Crippen LogP contribution in [0.5, 0.6) is 0 Å². The predicted octanol–water partition coefficient (Wildman–Crippen LogP) is -2.41. The summed E-state index contributed by atoms with van der Waals surface area (Å²) in [5.74, 6) is 0. The molecule has 0 aromatic carbocycles. The van der Waals surface area contributed by atoms with E-state index in [0.717, 1.165) is 32.1 Å². The molecule has 11 heteroatoms. The lowest BCUT2D eigenvalue weighted by Crippen LogP contribution is -2.59. The van der Waals surface area contributed by atoms with E-state index in [-0.39, 0.29) is 13.0 Å². The molecule has 1 fully saturated rings. The van der Waals surface area contributed by atoms with Crippen LogP contribution in [0.2, 0.25) is 0 Å². The Morgan fingerprint density at radius 2 is 1.39 bits per heavy atom. The van der Waals surface area contributed by atoms with Crippen LogP contribution < -0.4 is 5.73 Å². The van der Waals surface area contributed by atoms with Crippen molar-refractivity contribution in [1.29, 1.82) is 0 Å². The van der Waals surface area contributed by atoms with Crippen LogP contribution in [-0.4, -0.2) is 118 Å². The number of methoxy groups -OCH3 is 1. The van der Waals surface area contributed by atoms with Gasteiger partial charge in [-0.05, 0) is 19.4 Å². The molecule has 0 bridgehead atoms. The van der Waals surface area contributed by atoms with Gasteiger partial charge in [0.1, 0.15) is 42.7 Å². The molecule has 0 aromatic heterocycles. The Balaban J connectivity index is 2.38. The Bertz CT molecular complexity index is 460. The summed E-state index contributed by atoms with van der Waals surface area (Å²) < 4.78 is 15.5.